The van der Waals surface area contributed by atoms with Gasteiger partial charge in [0.2, 0.25) is 0 Å². The zero-order chi connectivity index (χ0) is 13.0. The van der Waals surface area contributed by atoms with Crippen LogP contribution in [0.4, 0.5) is 0 Å². The summed E-state index contributed by atoms with van der Waals surface area (Å²) in [5, 5.41) is 0.667. The minimum atomic E-state index is 0.00916. The van der Waals surface area contributed by atoms with Gasteiger partial charge in [0, 0.05) is 6.04 Å². The first-order valence-corrected chi connectivity index (χ1v) is 7.22. The van der Waals surface area contributed by atoms with Gasteiger partial charge in [0.1, 0.15) is 5.75 Å². The minimum absolute atomic E-state index is 0.00916. The summed E-state index contributed by atoms with van der Waals surface area (Å²) in [6.07, 6.45) is 6.63. The molecular weight excluding hydrogens is 246 g/mol. The summed E-state index contributed by atoms with van der Waals surface area (Å²) in [5.74, 6) is 1.48. The molecule has 1 atom stereocenters. The molecule has 0 amide bonds. The van der Waals surface area contributed by atoms with Crippen molar-refractivity contribution in [3.8, 4) is 5.75 Å². The molecule has 18 heavy (non-hydrogen) atoms. The van der Waals surface area contributed by atoms with Crippen molar-refractivity contribution in [3.63, 3.8) is 0 Å². The van der Waals surface area contributed by atoms with Crippen LogP contribution in [0.15, 0.2) is 18.2 Å². The second-order valence-electron chi connectivity index (χ2n) is 5.29. The Morgan fingerprint density at radius 2 is 2.06 bits per heavy atom. The smallest absolute Gasteiger partial charge is 0.137 e. The molecule has 0 heterocycles. The van der Waals surface area contributed by atoms with E-state index in [-0.39, 0.29) is 6.04 Å². The van der Waals surface area contributed by atoms with Crippen LogP contribution in [0.2, 0.25) is 5.02 Å². The Morgan fingerprint density at radius 1 is 1.33 bits per heavy atom. The number of hydrogen-bond acceptors (Lipinski definition) is 2. The fraction of sp³-hybridized carbons (Fsp3) is 0.600. The predicted molar refractivity (Wildman–Crippen MR) is 76.1 cm³/mol. The van der Waals surface area contributed by atoms with Crippen molar-refractivity contribution in [2.24, 2.45) is 11.7 Å². The summed E-state index contributed by atoms with van der Waals surface area (Å²) in [6, 6.07) is 5.84. The molecule has 1 aliphatic carbocycles. The van der Waals surface area contributed by atoms with Crippen LogP contribution >= 0.6 is 11.6 Å². The van der Waals surface area contributed by atoms with Crippen molar-refractivity contribution < 1.29 is 4.74 Å². The fourth-order valence-corrected chi connectivity index (χ4v) is 2.72. The molecule has 1 fully saturated rings. The SMILES string of the molecule is CC(N)c1ccc(OCC2CCCCC2)c(Cl)c1. The molecule has 1 saturated carbocycles. The van der Waals surface area contributed by atoms with Crippen LogP contribution in [0.3, 0.4) is 0 Å². The van der Waals surface area contributed by atoms with Gasteiger partial charge in [-0.15, -0.1) is 0 Å². The maximum Gasteiger partial charge on any atom is 0.137 e. The lowest BCUT2D eigenvalue weighted by atomic mass is 9.90. The van der Waals surface area contributed by atoms with E-state index in [9.17, 15) is 0 Å². The van der Waals surface area contributed by atoms with Crippen molar-refractivity contribution in [1.82, 2.24) is 0 Å². The van der Waals surface area contributed by atoms with Gasteiger partial charge in [0.15, 0.2) is 0 Å². The quantitative estimate of drug-likeness (QED) is 0.882. The van der Waals surface area contributed by atoms with Crippen LogP contribution in [-0.4, -0.2) is 6.61 Å². The van der Waals surface area contributed by atoms with E-state index in [4.69, 9.17) is 22.1 Å². The van der Waals surface area contributed by atoms with Crippen molar-refractivity contribution >= 4 is 11.6 Å². The second-order valence-corrected chi connectivity index (χ2v) is 5.70. The van der Waals surface area contributed by atoms with Crippen LogP contribution in [0, 0.1) is 5.92 Å². The number of hydrogen-bond donors (Lipinski definition) is 1. The van der Waals surface area contributed by atoms with Gasteiger partial charge in [0.05, 0.1) is 11.6 Å². The lowest BCUT2D eigenvalue weighted by molar-refractivity contribution is 0.209. The molecule has 0 aliphatic heterocycles. The topological polar surface area (TPSA) is 35.2 Å². The molecule has 0 radical (unpaired) electrons. The first-order valence-electron chi connectivity index (χ1n) is 6.84. The third-order valence-electron chi connectivity index (χ3n) is 3.68. The Morgan fingerprint density at radius 3 is 2.67 bits per heavy atom. The fourth-order valence-electron chi connectivity index (χ4n) is 2.48. The Bertz CT molecular complexity index is 386. The van der Waals surface area contributed by atoms with E-state index in [2.05, 4.69) is 0 Å². The van der Waals surface area contributed by atoms with Crippen molar-refractivity contribution in [3.05, 3.63) is 28.8 Å². The van der Waals surface area contributed by atoms with E-state index < -0.39 is 0 Å². The molecular formula is C15H22ClNO. The molecule has 2 nitrogen and oxygen atoms in total. The lowest BCUT2D eigenvalue weighted by Gasteiger charge is -2.22. The van der Waals surface area contributed by atoms with Crippen LogP contribution in [-0.2, 0) is 0 Å². The summed E-state index contributed by atoms with van der Waals surface area (Å²) in [7, 11) is 0. The highest BCUT2D eigenvalue weighted by molar-refractivity contribution is 6.32. The maximum absolute atomic E-state index is 6.21. The lowest BCUT2D eigenvalue weighted by Crippen LogP contribution is -2.15. The Kier molecular flexibility index (Phi) is 4.90. The zero-order valence-corrected chi connectivity index (χ0v) is 11.7. The molecule has 0 spiro atoms. The molecule has 0 aromatic heterocycles. The zero-order valence-electron chi connectivity index (χ0n) is 11.0. The predicted octanol–water partition coefficient (Wildman–Crippen LogP) is 4.32. The Hall–Kier alpha value is -0.730. The van der Waals surface area contributed by atoms with E-state index in [1.54, 1.807) is 0 Å². The molecule has 0 bridgehead atoms. The molecule has 0 saturated heterocycles. The van der Waals surface area contributed by atoms with Gasteiger partial charge in [-0.05, 0) is 43.4 Å². The second kappa shape index (κ2) is 6.44. The molecule has 2 rings (SSSR count). The van der Waals surface area contributed by atoms with Crippen LogP contribution in [0.5, 0.6) is 5.75 Å². The Labute approximate surface area is 114 Å². The maximum atomic E-state index is 6.21. The number of benzene rings is 1. The highest BCUT2D eigenvalue weighted by Gasteiger charge is 2.15. The van der Waals surface area contributed by atoms with E-state index in [0.717, 1.165) is 17.9 Å². The minimum Gasteiger partial charge on any atom is -0.492 e. The van der Waals surface area contributed by atoms with Gasteiger partial charge in [-0.3, -0.25) is 0 Å². The summed E-state index contributed by atoms with van der Waals surface area (Å²) in [5.41, 5.74) is 6.87. The van der Waals surface area contributed by atoms with Gasteiger partial charge in [0.25, 0.3) is 0 Å². The van der Waals surface area contributed by atoms with Gasteiger partial charge < -0.3 is 10.5 Å². The molecule has 1 aromatic carbocycles. The van der Waals surface area contributed by atoms with Crippen molar-refractivity contribution in [1.29, 1.82) is 0 Å². The first kappa shape index (κ1) is 13.7. The third-order valence-corrected chi connectivity index (χ3v) is 3.98. The first-order chi connectivity index (χ1) is 8.66. The average Bonchev–Trinajstić information content (AvgIpc) is 2.38. The van der Waals surface area contributed by atoms with Crippen LogP contribution < -0.4 is 10.5 Å². The normalized spacial score (nSPS) is 18.6. The summed E-state index contributed by atoms with van der Waals surface area (Å²) in [4.78, 5) is 0. The number of halogens is 1. The van der Waals surface area contributed by atoms with Gasteiger partial charge in [-0.25, -0.2) is 0 Å². The van der Waals surface area contributed by atoms with E-state index >= 15 is 0 Å². The van der Waals surface area contributed by atoms with Crippen LogP contribution in [0.25, 0.3) is 0 Å². The molecule has 3 heteroatoms. The van der Waals surface area contributed by atoms with Gasteiger partial charge in [-0.2, -0.15) is 0 Å². The van der Waals surface area contributed by atoms with E-state index in [0.29, 0.717) is 10.9 Å². The number of nitrogens with two attached hydrogens (primary N) is 1. The largest absolute Gasteiger partial charge is 0.492 e. The summed E-state index contributed by atoms with van der Waals surface area (Å²) >= 11 is 6.21. The highest BCUT2D eigenvalue weighted by atomic mass is 35.5. The van der Waals surface area contributed by atoms with Crippen LogP contribution in [0.1, 0.15) is 50.6 Å². The summed E-state index contributed by atoms with van der Waals surface area (Å²) < 4.78 is 5.84. The molecule has 2 N–H and O–H groups in total. The Balaban J connectivity index is 1.92. The highest BCUT2D eigenvalue weighted by Crippen LogP contribution is 2.29. The molecule has 1 aliphatic rings. The summed E-state index contributed by atoms with van der Waals surface area (Å²) in [6.45, 7) is 2.74. The van der Waals surface area contributed by atoms with Crippen molar-refractivity contribution in [2.75, 3.05) is 6.61 Å². The molecule has 1 unspecified atom stereocenters. The van der Waals surface area contributed by atoms with E-state index in [1.807, 2.05) is 25.1 Å². The van der Waals surface area contributed by atoms with Crippen molar-refractivity contribution in [2.45, 2.75) is 45.1 Å². The van der Waals surface area contributed by atoms with E-state index in [1.165, 1.54) is 32.1 Å². The number of rotatable bonds is 4. The third kappa shape index (κ3) is 3.63. The number of ether oxygens (including phenoxy) is 1. The van der Waals surface area contributed by atoms with Gasteiger partial charge >= 0.3 is 0 Å². The molecule has 100 valence electrons. The monoisotopic (exact) mass is 267 g/mol. The standard InChI is InChI=1S/C15H22ClNO/c1-11(17)13-7-8-15(14(16)9-13)18-10-12-5-3-2-4-6-12/h7-9,11-12H,2-6,10,17H2,1H3. The molecule has 1 aromatic rings. The van der Waals surface area contributed by atoms with Gasteiger partial charge in [-0.1, -0.05) is 36.9 Å². The average molecular weight is 268 g/mol.